The first kappa shape index (κ1) is 26.7. The number of nitrogens with zero attached hydrogens (tertiary/aromatic N) is 6. The lowest BCUT2D eigenvalue weighted by Gasteiger charge is -2.25. The standard InChI is InChI=1S/C27H33N7O5/c1-3-34-25(29-18-30-34)15-32-13-23-24(14-32)38-17-19-5-4-6-21(9-19)39-22-10-20(11-28-12-22)27(36)33(7-8-37-2)16-26(35)31-23/h4-6,9-12,18,23-24H,3,7-8,13-17H2,1-2H3,(H,31,35)/t23-,24-/m0/s1. The molecule has 12 heteroatoms. The molecule has 3 aromatic rings. The van der Waals surface area contributed by atoms with E-state index in [0.29, 0.717) is 43.3 Å². The Morgan fingerprint density at radius 2 is 2.05 bits per heavy atom. The molecule has 39 heavy (non-hydrogen) atoms. The molecule has 5 rings (SSSR count). The van der Waals surface area contributed by atoms with Gasteiger partial charge in [-0.2, -0.15) is 5.10 Å². The molecule has 206 valence electrons. The van der Waals surface area contributed by atoms with Crippen LogP contribution in [0.3, 0.4) is 0 Å². The fourth-order valence-corrected chi connectivity index (χ4v) is 4.86. The number of pyridine rings is 1. The van der Waals surface area contributed by atoms with E-state index in [-0.39, 0.29) is 43.7 Å². The van der Waals surface area contributed by atoms with Crippen molar-refractivity contribution in [3.8, 4) is 11.5 Å². The molecule has 2 aliphatic heterocycles. The molecule has 1 N–H and O–H groups in total. The highest BCUT2D eigenvalue weighted by Crippen LogP contribution is 2.25. The van der Waals surface area contributed by atoms with Gasteiger partial charge in [-0.25, -0.2) is 9.67 Å². The van der Waals surface area contributed by atoms with Crippen molar-refractivity contribution in [3.05, 3.63) is 66.0 Å². The van der Waals surface area contributed by atoms with Crippen molar-refractivity contribution in [2.24, 2.45) is 0 Å². The minimum atomic E-state index is -0.333. The Morgan fingerprint density at radius 3 is 2.90 bits per heavy atom. The quantitative estimate of drug-likeness (QED) is 0.500. The minimum Gasteiger partial charge on any atom is -0.456 e. The number of fused-ring (bicyclic) bond motifs is 5. The average molecular weight is 536 g/mol. The van der Waals surface area contributed by atoms with Crippen molar-refractivity contribution in [2.75, 3.05) is 39.9 Å². The molecule has 2 amide bonds. The van der Waals surface area contributed by atoms with E-state index >= 15 is 0 Å². The molecule has 12 nitrogen and oxygen atoms in total. The molecule has 0 unspecified atom stereocenters. The third-order valence-electron chi connectivity index (χ3n) is 6.79. The first-order valence-electron chi connectivity index (χ1n) is 13.0. The fourth-order valence-electron chi connectivity index (χ4n) is 4.86. The highest BCUT2D eigenvalue weighted by atomic mass is 16.5. The molecule has 1 fully saturated rings. The van der Waals surface area contributed by atoms with Gasteiger partial charge >= 0.3 is 0 Å². The van der Waals surface area contributed by atoms with Gasteiger partial charge in [0, 0.05) is 39.5 Å². The maximum absolute atomic E-state index is 13.4. The summed E-state index contributed by atoms with van der Waals surface area (Å²) in [6.07, 6.45) is 4.32. The van der Waals surface area contributed by atoms with Gasteiger partial charge in [-0.05, 0) is 30.7 Å². The molecule has 4 bridgehead atoms. The van der Waals surface area contributed by atoms with Gasteiger partial charge in [0.05, 0.1) is 50.2 Å². The SMILES string of the molecule is CCn1ncnc1CN1C[C@@H]2NC(=O)CN(CCOC)C(=O)c3cncc(c3)Oc3cccc(c3)CO[C@H]2C1. The van der Waals surface area contributed by atoms with Crippen LogP contribution >= 0.6 is 0 Å². The largest absolute Gasteiger partial charge is 0.456 e. The molecule has 2 aliphatic rings. The molecule has 1 saturated heterocycles. The van der Waals surface area contributed by atoms with Crippen LogP contribution < -0.4 is 10.1 Å². The van der Waals surface area contributed by atoms with E-state index in [9.17, 15) is 9.59 Å². The van der Waals surface area contributed by atoms with Gasteiger partial charge in [-0.1, -0.05) is 12.1 Å². The van der Waals surface area contributed by atoms with E-state index in [4.69, 9.17) is 14.2 Å². The summed E-state index contributed by atoms with van der Waals surface area (Å²) in [5.41, 5.74) is 1.26. The zero-order chi connectivity index (χ0) is 27.2. The lowest BCUT2D eigenvalue weighted by molar-refractivity contribution is -0.123. The van der Waals surface area contributed by atoms with Gasteiger partial charge in [0.25, 0.3) is 5.91 Å². The van der Waals surface area contributed by atoms with E-state index in [0.717, 1.165) is 17.9 Å². The summed E-state index contributed by atoms with van der Waals surface area (Å²) in [4.78, 5) is 38.9. The Bertz CT molecular complexity index is 1300. The van der Waals surface area contributed by atoms with Crippen LogP contribution in [0.2, 0.25) is 0 Å². The molecule has 2 aromatic heterocycles. The second-order valence-electron chi connectivity index (χ2n) is 9.59. The van der Waals surface area contributed by atoms with Gasteiger partial charge in [0.1, 0.15) is 23.7 Å². The Morgan fingerprint density at radius 1 is 1.15 bits per heavy atom. The van der Waals surface area contributed by atoms with E-state index in [1.807, 2.05) is 35.9 Å². The molecule has 0 aliphatic carbocycles. The molecular formula is C27H33N7O5. The first-order chi connectivity index (χ1) is 19.0. The van der Waals surface area contributed by atoms with Crippen molar-refractivity contribution in [1.29, 1.82) is 0 Å². The highest BCUT2D eigenvalue weighted by molar-refractivity contribution is 5.96. The van der Waals surface area contributed by atoms with Gasteiger partial charge in [-0.3, -0.25) is 19.5 Å². The van der Waals surface area contributed by atoms with Crippen LogP contribution in [0.5, 0.6) is 11.5 Å². The highest BCUT2D eigenvalue weighted by Gasteiger charge is 2.36. The van der Waals surface area contributed by atoms with Crippen LogP contribution in [0, 0.1) is 0 Å². The Balaban J connectivity index is 1.41. The number of methoxy groups -OCH3 is 1. The van der Waals surface area contributed by atoms with Crippen LogP contribution in [0.25, 0.3) is 0 Å². The second kappa shape index (κ2) is 12.3. The van der Waals surface area contributed by atoms with Crippen molar-refractivity contribution >= 4 is 11.8 Å². The number of ether oxygens (including phenoxy) is 3. The normalized spacial score (nSPS) is 20.4. The summed E-state index contributed by atoms with van der Waals surface area (Å²) in [5.74, 6) is 1.29. The van der Waals surface area contributed by atoms with Crippen molar-refractivity contribution in [2.45, 2.75) is 38.8 Å². The Labute approximate surface area is 226 Å². The smallest absolute Gasteiger partial charge is 0.256 e. The number of nitrogens with one attached hydrogen (secondary N) is 1. The molecule has 2 atom stereocenters. The molecular weight excluding hydrogens is 502 g/mol. The summed E-state index contributed by atoms with van der Waals surface area (Å²) >= 11 is 0. The Kier molecular flexibility index (Phi) is 8.45. The number of carbonyl (C=O) groups is 2. The van der Waals surface area contributed by atoms with Crippen LogP contribution in [0.4, 0.5) is 0 Å². The zero-order valence-electron chi connectivity index (χ0n) is 22.2. The number of carbonyl (C=O) groups excluding carboxylic acids is 2. The summed E-state index contributed by atoms with van der Waals surface area (Å²) in [6, 6.07) is 8.95. The molecule has 0 spiro atoms. The number of hydrogen-bond donors (Lipinski definition) is 1. The maximum Gasteiger partial charge on any atom is 0.256 e. The number of rotatable bonds is 6. The Hall–Kier alpha value is -3.87. The monoisotopic (exact) mass is 535 g/mol. The molecule has 0 radical (unpaired) electrons. The van der Waals surface area contributed by atoms with Crippen LogP contribution in [0.15, 0.2) is 49.1 Å². The predicted octanol–water partition coefficient (Wildman–Crippen LogP) is 1.47. The number of aryl methyl sites for hydroxylation is 1. The lowest BCUT2D eigenvalue weighted by atomic mass is 10.2. The lowest BCUT2D eigenvalue weighted by Crippen LogP contribution is -2.49. The van der Waals surface area contributed by atoms with Gasteiger partial charge in [0.2, 0.25) is 5.91 Å². The van der Waals surface area contributed by atoms with Crippen LogP contribution in [-0.2, 0) is 34.0 Å². The topological polar surface area (TPSA) is 124 Å². The van der Waals surface area contributed by atoms with E-state index in [1.54, 1.807) is 25.7 Å². The van der Waals surface area contributed by atoms with Crippen molar-refractivity contribution in [1.82, 2.24) is 34.9 Å². The third kappa shape index (κ3) is 6.59. The molecule has 0 saturated carbocycles. The second-order valence-corrected chi connectivity index (χ2v) is 9.59. The third-order valence-corrected chi connectivity index (χ3v) is 6.79. The van der Waals surface area contributed by atoms with Crippen molar-refractivity contribution < 1.29 is 23.8 Å². The van der Waals surface area contributed by atoms with Crippen molar-refractivity contribution in [3.63, 3.8) is 0 Å². The van der Waals surface area contributed by atoms with Gasteiger partial charge in [-0.15, -0.1) is 0 Å². The van der Waals surface area contributed by atoms with E-state index in [1.165, 1.54) is 11.1 Å². The van der Waals surface area contributed by atoms with Crippen LogP contribution in [0.1, 0.15) is 28.7 Å². The summed E-state index contributed by atoms with van der Waals surface area (Å²) in [5, 5.41) is 7.38. The zero-order valence-corrected chi connectivity index (χ0v) is 22.2. The summed E-state index contributed by atoms with van der Waals surface area (Å²) in [6.45, 7) is 5.29. The van der Waals surface area contributed by atoms with E-state index < -0.39 is 0 Å². The summed E-state index contributed by atoms with van der Waals surface area (Å²) in [7, 11) is 1.56. The number of benzene rings is 1. The van der Waals surface area contributed by atoms with Gasteiger partial charge in [0.15, 0.2) is 0 Å². The number of amides is 2. The van der Waals surface area contributed by atoms with E-state index in [2.05, 4.69) is 25.3 Å². The number of hydrogen-bond acceptors (Lipinski definition) is 9. The summed E-state index contributed by atoms with van der Waals surface area (Å²) < 4.78 is 19.4. The average Bonchev–Trinajstić information content (AvgIpc) is 3.55. The predicted molar refractivity (Wildman–Crippen MR) is 140 cm³/mol. The number of likely N-dealkylation sites (tertiary alicyclic amines) is 1. The molecule has 4 heterocycles. The maximum atomic E-state index is 13.4. The minimum absolute atomic E-state index is 0.125. The van der Waals surface area contributed by atoms with Crippen LogP contribution in [-0.4, -0.2) is 93.4 Å². The fraction of sp³-hybridized carbons (Fsp3) is 0.444. The number of aromatic nitrogens is 4. The first-order valence-corrected chi connectivity index (χ1v) is 13.0. The molecule has 1 aromatic carbocycles. The van der Waals surface area contributed by atoms with Gasteiger partial charge < -0.3 is 24.4 Å².